The van der Waals surface area contributed by atoms with E-state index in [9.17, 15) is 48.3 Å². The average molecular weight is 1030 g/mol. The number of carbonyl (C=O) groups excluding carboxylic acids is 8. The molecule has 0 radical (unpaired) electrons. The number of aliphatic carboxylic acids is 1. The van der Waals surface area contributed by atoms with Crippen LogP contribution in [0.25, 0.3) is 10.9 Å². The summed E-state index contributed by atoms with van der Waals surface area (Å²) in [6.45, 7) is 1.36. The van der Waals surface area contributed by atoms with Gasteiger partial charge in [-0.15, -0.1) is 0 Å². The van der Waals surface area contributed by atoms with E-state index in [1.54, 1.807) is 36.5 Å². The standard InChI is InChI=1S/C51H73N13O10/c1-30(65)60-38(18-10-24-58-51(55)56)46(70)61-39-20-19-35(66)14-5-7-17-41(49(73)74)63-45(69)33(26-34-29-59-37-16-8-6-15-36(34)37)28-43(67)32(13-9-23-57-50(53)54)27-44(68)42(25-31-11-3-2-4-12-31)64-48(72)40(21-22-52)62-47(39)71/h2-4,6,8,11-12,15-16,29,32-33,38-42,59H,5,7,9-10,13-14,17-28,52H2,1H3,(H,60,65)(H,61,70)(H,62,71)(H,63,69)(H,64,72)(H,73,74)(H4,53,54,57)(H4,55,56,58)/t32-,33-,38-,39+,40+,41+,42-/m1/s1. The molecule has 0 aliphatic carbocycles. The van der Waals surface area contributed by atoms with Crippen molar-refractivity contribution < 1.29 is 48.3 Å². The summed E-state index contributed by atoms with van der Waals surface area (Å²) in [5.74, 6) is -8.78. The predicted molar refractivity (Wildman–Crippen MR) is 278 cm³/mol. The maximum Gasteiger partial charge on any atom is 0.326 e. The van der Waals surface area contributed by atoms with Crippen LogP contribution in [-0.2, 0) is 56.0 Å². The van der Waals surface area contributed by atoms with Gasteiger partial charge in [0, 0.05) is 74.6 Å². The molecule has 1 aliphatic heterocycles. The van der Waals surface area contributed by atoms with Crippen LogP contribution in [0.2, 0.25) is 0 Å². The summed E-state index contributed by atoms with van der Waals surface area (Å²) >= 11 is 0. The molecule has 402 valence electrons. The second kappa shape index (κ2) is 30.4. The van der Waals surface area contributed by atoms with Crippen molar-refractivity contribution in [3.63, 3.8) is 0 Å². The number of aromatic nitrogens is 1. The van der Waals surface area contributed by atoms with Crippen LogP contribution in [0.3, 0.4) is 0 Å². The van der Waals surface area contributed by atoms with Gasteiger partial charge in [0.2, 0.25) is 29.5 Å². The van der Waals surface area contributed by atoms with E-state index in [0.29, 0.717) is 11.1 Å². The number of aromatic amines is 1. The molecule has 23 nitrogen and oxygen atoms in total. The smallest absolute Gasteiger partial charge is 0.326 e. The number of guanidine groups is 2. The van der Waals surface area contributed by atoms with E-state index in [0.717, 1.165) is 10.9 Å². The number of ketones is 3. The maximum atomic E-state index is 14.7. The molecule has 17 N–H and O–H groups in total. The molecule has 4 rings (SSSR count). The van der Waals surface area contributed by atoms with Gasteiger partial charge in [-0.05, 0) is 87.9 Å². The second-order valence-electron chi connectivity index (χ2n) is 18.6. The second-order valence-corrected chi connectivity index (χ2v) is 18.6. The topological polar surface area (TPSA) is 405 Å². The number of aliphatic imine (C=N–C) groups is 2. The third-order valence-corrected chi connectivity index (χ3v) is 12.7. The van der Waals surface area contributed by atoms with E-state index in [-0.39, 0.29) is 127 Å². The summed E-state index contributed by atoms with van der Waals surface area (Å²) in [5, 5.41) is 24.3. The van der Waals surface area contributed by atoms with Gasteiger partial charge in [0.25, 0.3) is 0 Å². The first-order valence-electron chi connectivity index (χ1n) is 25.0. The molecule has 0 spiro atoms. The minimum atomic E-state index is -1.42. The zero-order valence-corrected chi connectivity index (χ0v) is 41.9. The van der Waals surface area contributed by atoms with E-state index >= 15 is 0 Å². The van der Waals surface area contributed by atoms with Crippen LogP contribution < -0.4 is 55.3 Å². The highest BCUT2D eigenvalue weighted by atomic mass is 16.4. The highest BCUT2D eigenvalue weighted by molar-refractivity contribution is 5.98. The molecule has 2 aromatic carbocycles. The Labute approximate surface area is 429 Å². The van der Waals surface area contributed by atoms with Crippen LogP contribution >= 0.6 is 0 Å². The first-order valence-corrected chi connectivity index (χ1v) is 25.0. The lowest BCUT2D eigenvalue weighted by Crippen LogP contribution is -2.58. The number of rotatable bonds is 18. The Morgan fingerprint density at radius 1 is 0.730 bits per heavy atom. The molecular weight excluding hydrogens is 955 g/mol. The number of hydrogen-bond donors (Lipinski definition) is 12. The molecule has 7 atom stereocenters. The highest BCUT2D eigenvalue weighted by Gasteiger charge is 2.35. The van der Waals surface area contributed by atoms with Crippen molar-refractivity contribution in [2.75, 3.05) is 19.6 Å². The maximum absolute atomic E-state index is 14.7. The van der Waals surface area contributed by atoms with E-state index in [1.807, 2.05) is 24.3 Å². The first-order chi connectivity index (χ1) is 35.3. The molecule has 0 saturated carbocycles. The molecular formula is C51H73N13O10. The van der Waals surface area contributed by atoms with Crippen LogP contribution in [0.15, 0.2) is 70.8 Å². The van der Waals surface area contributed by atoms with Gasteiger partial charge in [0.15, 0.2) is 17.7 Å². The van der Waals surface area contributed by atoms with Crippen LogP contribution in [0.4, 0.5) is 0 Å². The quantitative estimate of drug-likeness (QED) is 0.0454. The fourth-order valence-electron chi connectivity index (χ4n) is 8.82. The van der Waals surface area contributed by atoms with Crippen LogP contribution in [0.5, 0.6) is 0 Å². The largest absolute Gasteiger partial charge is 0.480 e. The average Bonchev–Trinajstić information content (AvgIpc) is 3.76. The molecule has 1 saturated heterocycles. The minimum Gasteiger partial charge on any atom is -0.480 e. The number of Topliss-reactive ketones (excluding diaryl/α,β-unsaturated/α-hetero) is 3. The molecule has 74 heavy (non-hydrogen) atoms. The summed E-state index contributed by atoms with van der Waals surface area (Å²) in [6.07, 6.45) is 1.34. The molecule has 1 aromatic heterocycles. The van der Waals surface area contributed by atoms with Gasteiger partial charge in [-0.2, -0.15) is 0 Å². The summed E-state index contributed by atoms with van der Waals surface area (Å²) in [4.78, 5) is 135. The molecule has 23 heteroatoms. The number of benzene rings is 2. The number of carboxylic acid groups (broad SMARTS) is 1. The predicted octanol–water partition coefficient (Wildman–Crippen LogP) is 0.0117. The number of nitrogens with zero attached hydrogens (tertiary/aromatic N) is 2. The zero-order valence-electron chi connectivity index (χ0n) is 41.9. The van der Waals surface area contributed by atoms with Crippen molar-refractivity contribution in [2.45, 2.75) is 133 Å². The number of para-hydroxylation sites is 1. The molecule has 2 heterocycles. The Kier molecular flexibility index (Phi) is 24.2. The lowest BCUT2D eigenvalue weighted by molar-refractivity contribution is -0.143. The molecule has 5 amide bonds. The molecule has 0 unspecified atom stereocenters. The molecule has 3 aromatic rings. The van der Waals surface area contributed by atoms with E-state index in [1.165, 1.54) is 6.92 Å². The summed E-state index contributed by atoms with van der Waals surface area (Å²) in [7, 11) is 0. The number of fused-ring (bicyclic) bond motifs is 1. The lowest BCUT2D eigenvalue weighted by atomic mass is 9.83. The number of H-pyrrole nitrogens is 1. The minimum absolute atomic E-state index is 0.0275. The van der Waals surface area contributed by atoms with E-state index in [2.05, 4.69) is 41.6 Å². The fraction of sp³-hybridized carbons (Fsp3) is 0.510. The number of hydrogen-bond acceptors (Lipinski definition) is 12. The third-order valence-electron chi connectivity index (χ3n) is 12.7. The Morgan fingerprint density at radius 3 is 2.07 bits per heavy atom. The molecule has 1 aliphatic rings. The van der Waals surface area contributed by atoms with Crippen molar-refractivity contribution in [2.24, 2.45) is 50.5 Å². The SMILES string of the molecule is CC(=O)N[C@H](CCCN=C(N)N)C(=O)N[C@H]1CCC(=O)CCCC[C@@H](C(=O)O)NC(=O)[C@H](Cc2c[nH]c3ccccc23)CC(=O)[C@H](CCCN=C(N)N)CC(=O)[C@@H](Cc2ccccc2)NC(=O)[C@H](CCN)NC1=O. The third kappa shape index (κ3) is 20.1. The van der Waals surface area contributed by atoms with Gasteiger partial charge < -0.3 is 65.3 Å². The van der Waals surface area contributed by atoms with Gasteiger partial charge in [-0.3, -0.25) is 48.3 Å². The van der Waals surface area contributed by atoms with Crippen LogP contribution in [0, 0.1) is 11.8 Å². The lowest BCUT2D eigenvalue weighted by Gasteiger charge is -2.27. The van der Waals surface area contributed by atoms with Crippen molar-refractivity contribution in [1.82, 2.24) is 31.6 Å². The Hall–Kier alpha value is -7.69. The van der Waals surface area contributed by atoms with Crippen molar-refractivity contribution in [3.05, 3.63) is 71.9 Å². The first kappa shape index (κ1) is 58.9. The van der Waals surface area contributed by atoms with Crippen molar-refractivity contribution in [3.8, 4) is 0 Å². The number of nitrogens with one attached hydrogen (secondary N) is 6. The van der Waals surface area contributed by atoms with Crippen LogP contribution in [-0.4, -0.2) is 125 Å². The van der Waals surface area contributed by atoms with Gasteiger partial charge in [-0.25, -0.2) is 4.79 Å². The number of nitrogens with two attached hydrogens (primary N) is 5. The van der Waals surface area contributed by atoms with Gasteiger partial charge >= 0.3 is 5.97 Å². The summed E-state index contributed by atoms with van der Waals surface area (Å²) in [5.41, 5.74) is 30.1. The fourth-order valence-corrected chi connectivity index (χ4v) is 8.82. The Bertz CT molecular complexity index is 2470. The number of carbonyl (C=O) groups is 9. The van der Waals surface area contributed by atoms with Gasteiger partial charge in [0.05, 0.1) is 6.04 Å². The normalized spacial score (nSPS) is 21.5. The summed E-state index contributed by atoms with van der Waals surface area (Å²) in [6, 6.07) is 9.58. The van der Waals surface area contributed by atoms with Gasteiger partial charge in [0.1, 0.15) is 35.7 Å². The van der Waals surface area contributed by atoms with E-state index < -0.39 is 95.5 Å². The molecule has 0 bridgehead atoms. The number of amides is 5. The van der Waals surface area contributed by atoms with Crippen molar-refractivity contribution in [1.29, 1.82) is 0 Å². The molecule has 1 fully saturated rings. The van der Waals surface area contributed by atoms with Crippen molar-refractivity contribution >= 4 is 75.7 Å². The van der Waals surface area contributed by atoms with Gasteiger partial charge in [-0.1, -0.05) is 55.0 Å². The van der Waals surface area contributed by atoms with E-state index in [4.69, 9.17) is 28.7 Å². The zero-order chi connectivity index (χ0) is 54.2. The highest BCUT2D eigenvalue weighted by Crippen LogP contribution is 2.26. The van der Waals surface area contributed by atoms with Crippen LogP contribution in [0.1, 0.15) is 102 Å². The Balaban J connectivity index is 1.75. The Morgan fingerprint density at radius 2 is 1.39 bits per heavy atom. The number of carboxylic acids is 1. The summed E-state index contributed by atoms with van der Waals surface area (Å²) < 4.78 is 0. The monoisotopic (exact) mass is 1030 g/mol.